The highest BCUT2D eigenvalue weighted by Gasteiger charge is 2.41. The zero-order chi connectivity index (χ0) is 23.4. The third-order valence-corrected chi connectivity index (χ3v) is 6.83. The first-order valence-electron chi connectivity index (χ1n) is 9.98. The summed E-state index contributed by atoms with van der Waals surface area (Å²) >= 11 is 13.5. The number of carbonyl (C=O) groups is 2. The molecule has 164 valence electrons. The van der Waals surface area contributed by atoms with E-state index in [0.717, 1.165) is 5.56 Å². The van der Waals surface area contributed by atoms with Crippen molar-refractivity contribution in [2.75, 3.05) is 10.2 Å². The molecule has 1 fully saturated rings. The van der Waals surface area contributed by atoms with Crippen LogP contribution in [0.25, 0.3) is 0 Å². The minimum Gasteiger partial charge on any atom is -0.321 e. The SMILES string of the molecule is N#C/C(C(=O)Nc1cccc(Cl)c1)=C1/SC(Cc2ccccc2Cl)C(=O)N1c1ccccc1. The molecule has 0 aliphatic carbocycles. The fraction of sp³-hybridized carbons (Fsp3) is 0.0800. The normalized spacial score (nSPS) is 16.9. The van der Waals surface area contributed by atoms with E-state index in [4.69, 9.17) is 23.2 Å². The van der Waals surface area contributed by atoms with Crippen molar-refractivity contribution < 1.29 is 9.59 Å². The predicted octanol–water partition coefficient (Wildman–Crippen LogP) is 6.06. The number of halogens is 2. The lowest BCUT2D eigenvalue weighted by atomic mass is 10.1. The van der Waals surface area contributed by atoms with Gasteiger partial charge in [-0.3, -0.25) is 14.5 Å². The van der Waals surface area contributed by atoms with Gasteiger partial charge in [0.05, 0.1) is 5.25 Å². The third kappa shape index (κ3) is 5.07. The highest BCUT2D eigenvalue weighted by atomic mass is 35.5. The Kier molecular flexibility index (Phi) is 7.05. The smallest absolute Gasteiger partial charge is 0.269 e. The summed E-state index contributed by atoms with van der Waals surface area (Å²) in [5, 5.41) is 13.3. The van der Waals surface area contributed by atoms with E-state index in [9.17, 15) is 14.9 Å². The second-order valence-electron chi connectivity index (χ2n) is 7.17. The third-order valence-electron chi connectivity index (χ3n) is 4.97. The van der Waals surface area contributed by atoms with Crippen molar-refractivity contribution >= 4 is 58.2 Å². The maximum atomic E-state index is 13.4. The number of hydrogen-bond acceptors (Lipinski definition) is 4. The van der Waals surface area contributed by atoms with Gasteiger partial charge < -0.3 is 5.32 Å². The van der Waals surface area contributed by atoms with Gasteiger partial charge >= 0.3 is 0 Å². The number of anilines is 2. The van der Waals surface area contributed by atoms with Crippen molar-refractivity contribution in [3.8, 4) is 6.07 Å². The summed E-state index contributed by atoms with van der Waals surface area (Å²) in [6.45, 7) is 0. The zero-order valence-electron chi connectivity index (χ0n) is 17.2. The molecule has 0 spiro atoms. The number of nitrogens with zero attached hydrogens (tertiary/aromatic N) is 2. The van der Waals surface area contributed by atoms with Crippen molar-refractivity contribution in [2.45, 2.75) is 11.7 Å². The number of para-hydroxylation sites is 1. The Bertz CT molecular complexity index is 1290. The molecule has 1 heterocycles. The van der Waals surface area contributed by atoms with Gasteiger partial charge in [0.25, 0.3) is 5.91 Å². The summed E-state index contributed by atoms with van der Waals surface area (Å²) in [6, 6.07) is 24.9. The molecule has 0 aromatic heterocycles. The average Bonchev–Trinajstić information content (AvgIpc) is 3.12. The van der Waals surface area contributed by atoms with Crippen LogP contribution in [0.1, 0.15) is 5.56 Å². The van der Waals surface area contributed by atoms with Gasteiger partial charge in [-0.25, -0.2) is 0 Å². The first kappa shape index (κ1) is 22.9. The van der Waals surface area contributed by atoms with Crippen molar-refractivity contribution in [3.05, 3.63) is 105 Å². The fourth-order valence-electron chi connectivity index (χ4n) is 3.42. The highest BCUT2D eigenvalue weighted by molar-refractivity contribution is 8.05. The van der Waals surface area contributed by atoms with E-state index >= 15 is 0 Å². The molecule has 0 bridgehead atoms. The first-order chi connectivity index (χ1) is 16.0. The molecule has 3 aromatic rings. The van der Waals surface area contributed by atoms with E-state index in [0.29, 0.717) is 27.8 Å². The van der Waals surface area contributed by atoms with Gasteiger partial charge in [-0.15, -0.1) is 0 Å². The summed E-state index contributed by atoms with van der Waals surface area (Å²) in [4.78, 5) is 27.9. The van der Waals surface area contributed by atoms with E-state index in [1.807, 2.05) is 30.3 Å². The Morgan fingerprint density at radius 2 is 1.76 bits per heavy atom. The summed E-state index contributed by atoms with van der Waals surface area (Å²) in [7, 11) is 0. The van der Waals surface area contributed by atoms with E-state index in [-0.39, 0.29) is 16.5 Å². The van der Waals surface area contributed by atoms with Crippen LogP contribution in [0.5, 0.6) is 0 Å². The molecule has 3 aromatic carbocycles. The standard InChI is InChI=1S/C25H17Cl2N3O2S/c26-17-8-6-9-18(14-17)29-23(31)20(15-28)25-30(19-10-2-1-3-11-19)24(32)22(33-25)13-16-7-4-5-12-21(16)27/h1-12,14,22H,13H2,(H,29,31)/b25-20-. The molecule has 1 saturated heterocycles. The minimum atomic E-state index is -0.616. The molecule has 1 unspecified atom stereocenters. The molecule has 1 aliphatic heterocycles. The number of nitrogens with one attached hydrogen (secondary N) is 1. The second kappa shape index (κ2) is 10.1. The van der Waals surface area contributed by atoms with Crippen LogP contribution in [0.15, 0.2) is 89.5 Å². The summed E-state index contributed by atoms with van der Waals surface area (Å²) < 4.78 is 0. The Balaban J connectivity index is 1.72. The monoisotopic (exact) mass is 493 g/mol. The van der Waals surface area contributed by atoms with Gasteiger partial charge in [-0.1, -0.05) is 77.4 Å². The van der Waals surface area contributed by atoms with Gasteiger partial charge in [0.1, 0.15) is 16.7 Å². The molecule has 33 heavy (non-hydrogen) atoms. The van der Waals surface area contributed by atoms with Crippen molar-refractivity contribution in [2.24, 2.45) is 0 Å². The number of nitriles is 1. The summed E-state index contributed by atoms with van der Waals surface area (Å²) in [6.07, 6.45) is 0.366. The van der Waals surface area contributed by atoms with E-state index in [2.05, 4.69) is 5.32 Å². The maximum absolute atomic E-state index is 13.4. The molecule has 1 aliphatic rings. The fourth-order valence-corrected chi connectivity index (χ4v) is 5.12. The molecular formula is C25H17Cl2N3O2S. The largest absolute Gasteiger partial charge is 0.321 e. The summed E-state index contributed by atoms with van der Waals surface area (Å²) in [5.41, 5.74) is 1.70. The molecule has 0 saturated carbocycles. The van der Waals surface area contributed by atoms with Crippen molar-refractivity contribution in [1.82, 2.24) is 0 Å². The molecule has 4 rings (SSSR count). The second-order valence-corrected chi connectivity index (χ2v) is 9.20. The van der Waals surface area contributed by atoms with Crippen LogP contribution in [0.2, 0.25) is 10.0 Å². The lowest BCUT2D eigenvalue weighted by Crippen LogP contribution is -2.30. The number of rotatable bonds is 5. The van der Waals surface area contributed by atoms with E-state index in [1.165, 1.54) is 16.7 Å². The number of carbonyl (C=O) groups excluding carboxylic acids is 2. The maximum Gasteiger partial charge on any atom is 0.269 e. The number of hydrogen-bond donors (Lipinski definition) is 1. The Labute approximate surface area is 205 Å². The Morgan fingerprint density at radius 1 is 1.03 bits per heavy atom. The lowest BCUT2D eigenvalue weighted by molar-refractivity contribution is -0.117. The lowest BCUT2D eigenvalue weighted by Gasteiger charge is -2.18. The zero-order valence-corrected chi connectivity index (χ0v) is 19.5. The minimum absolute atomic E-state index is 0.154. The van der Waals surface area contributed by atoms with E-state index < -0.39 is 11.2 Å². The first-order valence-corrected chi connectivity index (χ1v) is 11.6. The van der Waals surface area contributed by atoms with Gasteiger partial charge in [-0.05, 0) is 48.4 Å². The van der Waals surface area contributed by atoms with Crippen LogP contribution < -0.4 is 10.2 Å². The quantitative estimate of drug-likeness (QED) is 0.346. The van der Waals surface area contributed by atoms with Crippen LogP contribution >= 0.6 is 35.0 Å². The molecule has 0 radical (unpaired) electrons. The van der Waals surface area contributed by atoms with E-state index in [1.54, 1.807) is 54.6 Å². The van der Waals surface area contributed by atoms with Gasteiger partial charge in [0.15, 0.2) is 0 Å². The van der Waals surface area contributed by atoms with Crippen LogP contribution in [0.3, 0.4) is 0 Å². The van der Waals surface area contributed by atoms with Crippen molar-refractivity contribution in [1.29, 1.82) is 5.26 Å². The van der Waals surface area contributed by atoms with Crippen LogP contribution in [-0.2, 0) is 16.0 Å². The average molecular weight is 494 g/mol. The van der Waals surface area contributed by atoms with Crippen LogP contribution in [-0.4, -0.2) is 17.1 Å². The number of amides is 2. The molecule has 8 heteroatoms. The molecule has 1 atom stereocenters. The molecule has 2 amide bonds. The predicted molar refractivity (Wildman–Crippen MR) is 133 cm³/mol. The molecule has 5 nitrogen and oxygen atoms in total. The Morgan fingerprint density at radius 3 is 2.45 bits per heavy atom. The number of thioether (sulfide) groups is 1. The van der Waals surface area contributed by atoms with Crippen molar-refractivity contribution in [3.63, 3.8) is 0 Å². The van der Waals surface area contributed by atoms with Gasteiger partial charge in [0.2, 0.25) is 5.91 Å². The summed E-state index contributed by atoms with van der Waals surface area (Å²) in [5.74, 6) is -0.834. The van der Waals surface area contributed by atoms with Gasteiger partial charge in [-0.2, -0.15) is 5.26 Å². The topological polar surface area (TPSA) is 73.2 Å². The molecule has 1 N–H and O–H groups in total. The molecular weight excluding hydrogens is 477 g/mol. The Hall–Kier alpha value is -3.24. The highest BCUT2D eigenvalue weighted by Crippen LogP contribution is 2.42. The number of benzene rings is 3. The van der Waals surface area contributed by atoms with Gasteiger partial charge in [0, 0.05) is 21.4 Å². The van der Waals surface area contributed by atoms with Crippen LogP contribution in [0.4, 0.5) is 11.4 Å². The van der Waals surface area contributed by atoms with Crippen LogP contribution in [0, 0.1) is 11.3 Å².